The first-order valence-electron chi connectivity index (χ1n) is 6.38. The third-order valence-electron chi connectivity index (χ3n) is 3.73. The summed E-state index contributed by atoms with van der Waals surface area (Å²) in [6, 6.07) is 9.36. The average Bonchev–Trinajstić information content (AvgIpc) is 2.21. The standard InChI is InChI=1S/C15H23N/c1-12-5-4-6-14(11-12)16-13-7-9-15(2,3)10-8-13/h4-6,11,13,16H,7-10H2,1-3H3. The van der Waals surface area contributed by atoms with Gasteiger partial charge in [-0.2, -0.15) is 0 Å². The molecule has 0 bridgehead atoms. The van der Waals surface area contributed by atoms with Gasteiger partial charge in [0.15, 0.2) is 0 Å². The Kier molecular flexibility index (Phi) is 3.22. The monoisotopic (exact) mass is 217 g/mol. The fourth-order valence-electron chi connectivity index (χ4n) is 2.51. The summed E-state index contributed by atoms with van der Waals surface area (Å²) in [7, 11) is 0. The summed E-state index contributed by atoms with van der Waals surface area (Å²) in [6.07, 6.45) is 5.30. The number of rotatable bonds is 2. The number of benzene rings is 1. The van der Waals surface area contributed by atoms with Gasteiger partial charge < -0.3 is 5.32 Å². The van der Waals surface area contributed by atoms with Crippen LogP contribution in [0.1, 0.15) is 45.1 Å². The highest BCUT2D eigenvalue weighted by molar-refractivity contribution is 5.46. The van der Waals surface area contributed by atoms with E-state index in [9.17, 15) is 0 Å². The Morgan fingerprint density at radius 1 is 1.19 bits per heavy atom. The van der Waals surface area contributed by atoms with Crippen molar-refractivity contribution in [3.8, 4) is 0 Å². The first-order valence-corrected chi connectivity index (χ1v) is 6.38. The summed E-state index contributed by atoms with van der Waals surface area (Å²) in [5.74, 6) is 0. The third kappa shape index (κ3) is 3.01. The molecule has 2 rings (SSSR count). The summed E-state index contributed by atoms with van der Waals surface area (Å²) in [4.78, 5) is 0. The summed E-state index contributed by atoms with van der Waals surface area (Å²) in [5, 5.41) is 3.66. The van der Waals surface area contributed by atoms with E-state index >= 15 is 0 Å². The maximum atomic E-state index is 3.66. The molecule has 0 aromatic heterocycles. The maximum absolute atomic E-state index is 3.66. The zero-order valence-corrected chi connectivity index (χ0v) is 10.7. The molecular formula is C15H23N. The van der Waals surface area contributed by atoms with E-state index in [0.717, 1.165) is 0 Å². The normalized spacial score (nSPS) is 20.7. The molecule has 16 heavy (non-hydrogen) atoms. The second-order valence-electron chi connectivity index (χ2n) is 5.95. The van der Waals surface area contributed by atoms with Crippen molar-refractivity contribution in [2.24, 2.45) is 5.41 Å². The highest BCUT2D eigenvalue weighted by atomic mass is 14.9. The number of anilines is 1. The van der Waals surface area contributed by atoms with Crippen LogP contribution in [-0.4, -0.2) is 6.04 Å². The maximum Gasteiger partial charge on any atom is 0.0344 e. The van der Waals surface area contributed by atoms with E-state index in [-0.39, 0.29) is 0 Å². The molecule has 88 valence electrons. The lowest BCUT2D eigenvalue weighted by Crippen LogP contribution is -2.29. The van der Waals surface area contributed by atoms with Crippen LogP contribution in [0.2, 0.25) is 0 Å². The molecule has 1 fully saturated rings. The Hall–Kier alpha value is -0.980. The largest absolute Gasteiger partial charge is 0.382 e. The molecule has 1 nitrogen and oxygen atoms in total. The summed E-state index contributed by atoms with van der Waals surface area (Å²) in [6.45, 7) is 6.92. The van der Waals surface area contributed by atoms with Gasteiger partial charge >= 0.3 is 0 Å². The quantitative estimate of drug-likeness (QED) is 0.775. The van der Waals surface area contributed by atoms with E-state index in [1.54, 1.807) is 0 Å². The molecule has 0 radical (unpaired) electrons. The van der Waals surface area contributed by atoms with E-state index in [0.29, 0.717) is 11.5 Å². The molecule has 0 atom stereocenters. The topological polar surface area (TPSA) is 12.0 Å². The molecule has 0 saturated heterocycles. The molecular weight excluding hydrogens is 194 g/mol. The van der Waals surface area contributed by atoms with Crippen LogP contribution in [0.4, 0.5) is 5.69 Å². The Labute approximate surface area is 99.3 Å². The van der Waals surface area contributed by atoms with Crippen molar-refractivity contribution in [2.75, 3.05) is 5.32 Å². The lowest BCUT2D eigenvalue weighted by molar-refractivity contribution is 0.232. The van der Waals surface area contributed by atoms with Gasteiger partial charge in [-0.15, -0.1) is 0 Å². The van der Waals surface area contributed by atoms with Gasteiger partial charge in [-0.3, -0.25) is 0 Å². The summed E-state index contributed by atoms with van der Waals surface area (Å²) < 4.78 is 0. The van der Waals surface area contributed by atoms with Crippen LogP contribution in [0.15, 0.2) is 24.3 Å². The van der Waals surface area contributed by atoms with Crippen molar-refractivity contribution in [2.45, 2.75) is 52.5 Å². The zero-order chi connectivity index (χ0) is 11.6. The molecule has 1 heteroatoms. The van der Waals surface area contributed by atoms with Crippen molar-refractivity contribution in [1.29, 1.82) is 0 Å². The Morgan fingerprint density at radius 3 is 2.50 bits per heavy atom. The van der Waals surface area contributed by atoms with Crippen LogP contribution in [0.25, 0.3) is 0 Å². The first kappa shape index (κ1) is 11.5. The minimum Gasteiger partial charge on any atom is -0.382 e. The highest BCUT2D eigenvalue weighted by Gasteiger charge is 2.26. The molecule has 1 aliphatic rings. The molecule has 0 aliphatic heterocycles. The summed E-state index contributed by atoms with van der Waals surface area (Å²) >= 11 is 0. The minimum atomic E-state index is 0.560. The fraction of sp³-hybridized carbons (Fsp3) is 0.600. The van der Waals surface area contributed by atoms with Gasteiger partial charge in [-0.05, 0) is 55.7 Å². The van der Waals surface area contributed by atoms with Crippen molar-refractivity contribution in [1.82, 2.24) is 0 Å². The first-order chi connectivity index (χ1) is 7.55. The van der Waals surface area contributed by atoms with E-state index < -0.39 is 0 Å². The van der Waals surface area contributed by atoms with Crippen LogP contribution in [-0.2, 0) is 0 Å². The van der Waals surface area contributed by atoms with Crippen LogP contribution in [0.5, 0.6) is 0 Å². The molecule has 0 unspecified atom stereocenters. The van der Waals surface area contributed by atoms with Crippen LogP contribution < -0.4 is 5.32 Å². The molecule has 1 aromatic rings. The summed E-state index contributed by atoms with van der Waals surface area (Å²) in [5.41, 5.74) is 3.18. The molecule has 1 N–H and O–H groups in total. The van der Waals surface area contributed by atoms with Gasteiger partial charge in [0.05, 0.1) is 0 Å². The van der Waals surface area contributed by atoms with Crippen LogP contribution in [0, 0.1) is 12.3 Å². The molecule has 1 aliphatic carbocycles. The van der Waals surface area contributed by atoms with Crippen molar-refractivity contribution in [3.05, 3.63) is 29.8 Å². The second kappa shape index (κ2) is 4.48. The molecule has 1 saturated carbocycles. The molecule has 0 spiro atoms. The van der Waals surface area contributed by atoms with E-state index in [2.05, 4.69) is 50.4 Å². The average molecular weight is 217 g/mol. The van der Waals surface area contributed by atoms with E-state index in [4.69, 9.17) is 0 Å². The Morgan fingerprint density at radius 2 is 1.88 bits per heavy atom. The lowest BCUT2D eigenvalue weighted by atomic mass is 9.75. The fourth-order valence-corrected chi connectivity index (χ4v) is 2.51. The highest BCUT2D eigenvalue weighted by Crippen LogP contribution is 2.36. The third-order valence-corrected chi connectivity index (χ3v) is 3.73. The second-order valence-corrected chi connectivity index (χ2v) is 5.95. The number of hydrogen-bond donors (Lipinski definition) is 1. The molecule has 0 heterocycles. The van der Waals surface area contributed by atoms with Gasteiger partial charge in [0.2, 0.25) is 0 Å². The number of nitrogens with one attached hydrogen (secondary N) is 1. The lowest BCUT2D eigenvalue weighted by Gasteiger charge is -2.35. The minimum absolute atomic E-state index is 0.560. The SMILES string of the molecule is Cc1cccc(NC2CCC(C)(C)CC2)c1. The van der Waals surface area contributed by atoms with Crippen molar-refractivity contribution >= 4 is 5.69 Å². The van der Waals surface area contributed by atoms with Crippen molar-refractivity contribution in [3.63, 3.8) is 0 Å². The Bertz CT molecular complexity index is 344. The van der Waals surface area contributed by atoms with Gasteiger partial charge in [0.25, 0.3) is 0 Å². The predicted octanol–water partition coefficient (Wildman–Crippen LogP) is 4.38. The smallest absolute Gasteiger partial charge is 0.0344 e. The van der Waals surface area contributed by atoms with E-state index in [1.165, 1.54) is 36.9 Å². The van der Waals surface area contributed by atoms with Crippen molar-refractivity contribution < 1.29 is 0 Å². The van der Waals surface area contributed by atoms with Gasteiger partial charge in [0.1, 0.15) is 0 Å². The van der Waals surface area contributed by atoms with Crippen LogP contribution in [0.3, 0.4) is 0 Å². The number of aryl methyl sites for hydroxylation is 1. The Balaban J connectivity index is 1.92. The molecule has 0 amide bonds. The van der Waals surface area contributed by atoms with E-state index in [1.807, 2.05) is 0 Å². The zero-order valence-electron chi connectivity index (χ0n) is 10.7. The van der Waals surface area contributed by atoms with Gasteiger partial charge in [-0.1, -0.05) is 26.0 Å². The predicted molar refractivity (Wildman–Crippen MR) is 70.8 cm³/mol. The molecule has 1 aromatic carbocycles. The van der Waals surface area contributed by atoms with Crippen LogP contribution >= 0.6 is 0 Å². The van der Waals surface area contributed by atoms with Gasteiger partial charge in [0, 0.05) is 11.7 Å². The van der Waals surface area contributed by atoms with Gasteiger partial charge in [-0.25, -0.2) is 0 Å². The number of hydrogen-bond acceptors (Lipinski definition) is 1.